The molecule has 14 heavy (non-hydrogen) atoms. The quantitative estimate of drug-likeness (QED) is 0.793. The normalized spacial score (nSPS) is 15.4. The Morgan fingerprint density at radius 3 is 3.00 bits per heavy atom. The summed E-state index contributed by atoms with van der Waals surface area (Å²) in [5.41, 5.74) is 1.24. The second kappa shape index (κ2) is 3.78. The Balaban J connectivity index is 2.01. The van der Waals surface area contributed by atoms with E-state index in [0.29, 0.717) is 0 Å². The van der Waals surface area contributed by atoms with E-state index in [1.165, 1.54) is 19.3 Å². The third-order valence-electron chi connectivity index (χ3n) is 2.58. The number of carboxylic acid groups (broad SMARTS) is 1. The largest absolute Gasteiger partial charge is 0.477 e. The molecule has 0 atom stereocenters. The zero-order valence-corrected chi connectivity index (χ0v) is 7.94. The van der Waals surface area contributed by atoms with Crippen molar-refractivity contribution in [2.45, 2.75) is 25.7 Å². The molecule has 1 fully saturated rings. The van der Waals surface area contributed by atoms with Crippen LogP contribution in [0.15, 0.2) is 18.3 Å². The van der Waals surface area contributed by atoms with Gasteiger partial charge < -0.3 is 5.11 Å². The number of hydrogen-bond acceptors (Lipinski definition) is 2. The second-order valence-electron chi connectivity index (χ2n) is 3.84. The number of rotatable bonds is 4. The molecule has 0 aliphatic heterocycles. The first-order chi connectivity index (χ1) is 6.75. The minimum Gasteiger partial charge on any atom is -0.477 e. The van der Waals surface area contributed by atoms with Crippen molar-refractivity contribution in [2.24, 2.45) is 5.92 Å². The van der Waals surface area contributed by atoms with Gasteiger partial charge in [-0.15, -0.1) is 0 Å². The maximum absolute atomic E-state index is 10.6. The van der Waals surface area contributed by atoms with Gasteiger partial charge in [-0.25, -0.2) is 9.78 Å². The van der Waals surface area contributed by atoms with Crippen LogP contribution in [0.4, 0.5) is 0 Å². The van der Waals surface area contributed by atoms with E-state index in [9.17, 15) is 4.79 Å². The summed E-state index contributed by atoms with van der Waals surface area (Å²) in [6.07, 6.45) is 6.43. The van der Waals surface area contributed by atoms with Crippen LogP contribution in [0, 0.1) is 5.92 Å². The number of aryl methyl sites for hydroxylation is 1. The highest BCUT2D eigenvalue weighted by molar-refractivity contribution is 5.85. The number of carbonyl (C=O) groups is 1. The van der Waals surface area contributed by atoms with Gasteiger partial charge in [0.05, 0.1) is 0 Å². The van der Waals surface area contributed by atoms with Gasteiger partial charge in [0.2, 0.25) is 0 Å². The van der Waals surface area contributed by atoms with Crippen molar-refractivity contribution < 1.29 is 9.90 Å². The van der Waals surface area contributed by atoms with Crippen LogP contribution in [0.5, 0.6) is 0 Å². The summed E-state index contributed by atoms with van der Waals surface area (Å²) in [6.45, 7) is 0. The lowest BCUT2D eigenvalue weighted by atomic mass is 10.1. The zero-order valence-electron chi connectivity index (χ0n) is 7.94. The standard InChI is InChI=1S/C11H13NO2/c13-11(14)10-7-9(5-6-12-10)4-3-8-1-2-8/h5-8H,1-4H2,(H,13,14). The van der Waals surface area contributed by atoms with Crippen LogP contribution in [0.3, 0.4) is 0 Å². The van der Waals surface area contributed by atoms with Crippen molar-refractivity contribution in [1.29, 1.82) is 0 Å². The molecular formula is C11H13NO2. The van der Waals surface area contributed by atoms with E-state index in [1.54, 1.807) is 12.3 Å². The summed E-state index contributed by atoms with van der Waals surface area (Å²) in [4.78, 5) is 14.4. The van der Waals surface area contributed by atoms with Crippen molar-refractivity contribution in [1.82, 2.24) is 4.98 Å². The van der Waals surface area contributed by atoms with Crippen LogP contribution < -0.4 is 0 Å². The Labute approximate surface area is 82.8 Å². The monoisotopic (exact) mass is 191 g/mol. The Kier molecular flexibility index (Phi) is 2.48. The van der Waals surface area contributed by atoms with Gasteiger partial charge in [0.15, 0.2) is 0 Å². The van der Waals surface area contributed by atoms with Crippen molar-refractivity contribution in [2.75, 3.05) is 0 Å². The first kappa shape index (κ1) is 9.19. The lowest BCUT2D eigenvalue weighted by Gasteiger charge is -2.00. The number of aromatic nitrogens is 1. The highest BCUT2D eigenvalue weighted by Crippen LogP contribution is 2.33. The van der Waals surface area contributed by atoms with E-state index in [0.717, 1.165) is 17.9 Å². The molecule has 0 unspecified atom stereocenters. The fourth-order valence-electron chi connectivity index (χ4n) is 1.52. The third kappa shape index (κ3) is 2.31. The van der Waals surface area contributed by atoms with Gasteiger partial charge >= 0.3 is 5.97 Å². The summed E-state index contributed by atoms with van der Waals surface area (Å²) in [7, 11) is 0. The lowest BCUT2D eigenvalue weighted by molar-refractivity contribution is 0.0690. The topological polar surface area (TPSA) is 50.2 Å². The first-order valence-electron chi connectivity index (χ1n) is 4.94. The van der Waals surface area contributed by atoms with Crippen molar-refractivity contribution in [3.63, 3.8) is 0 Å². The summed E-state index contributed by atoms with van der Waals surface area (Å²) < 4.78 is 0. The molecule has 1 N–H and O–H groups in total. The molecule has 1 aliphatic carbocycles. The number of aromatic carboxylic acids is 1. The third-order valence-corrected chi connectivity index (χ3v) is 2.58. The molecule has 0 bridgehead atoms. The second-order valence-corrected chi connectivity index (χ2v) is 3.84. The van der Waals surface area contributed by atoms with Crippen LogP contribution in [0.2, 0.25) is 0 Å². The average molecular weight is 191 g/mol. The fraction of sp³-hybridized carbons (Fsp3) is 0.455. The molecule has 0 spiro atoms. The van der Waals surface area contributed by atoms with E-state index in [4.69, 9.17) is 5.11 Å². The smallest absolute Gasteiger partial charge is 0.354 e. The Morgan fingerprint density at radius 2 is 2.36 bits per heavy atom. The van der Waals surface area contributed by atoms with Crippen molar-refractivity contribution >= 4 is 5.97 Å². The molecule has 0 aromatic carbocycles. The van der Waals surface area contributed by atoms with Gasteiger partial charge in [-0.05, 0) is 36.5 Å². The zero-order chi connectivity index (χ0) is 9.97. The number of nitrogens with zero attached hydrogens (tertiary/aromatic N) is 1. The maximum atomic E-state index is 10.6. The highest BCUT2D eigenvalue weighted by Gasteiger charge is 2.20. The maximum Gasteiger partial charge on any atom is 0.354 e. The molecule has 0 amide bonds. The van der Waals surface area contributed by atoms with Gasteiger partial charge in [0.1, 0.15) is 5.69 Å². The number of hydrogen-bond donors (Lipinski definition) is 1. The summed E-state index contributed by atoms with van der Waals surface area (Å²) >= 11 is 0. The minimum atomic E-state index is -0.946. The summed E-state index contributed by atoms with van der Waals surface area (Å²) in [5, 5.41) is 8.74. The molecule has 2 rings (SSSR count). The molecule has 3 heteroatoms. The molecule has 74 valence electrons. The molecule has 3 nitrogen and oxygen atoms in total. The molecule has 1 aromatic rings. The Morgan fingerprint density at radius 1 is 1.57 bits per heavy atom. The molecule has 1 saturated carbocycles. The van der Waals surface area contributed by atoms with Gasteiger partial charge in [0, 0.05) is 6.20 Å². The average Bonchev–Trinajstić information content (AvgIpc) is 2.99. The van der Waals surface area contributed by atoms with E-state index in [2.05, 4.69) is 4.98 Å². The lowest BCUT2D eigenvalue weighted by Crippen LogP contribution is -2.01. The highest BCUT2D eigenvalue weighted by atomic mass is 16.4. The molecule has 1 heterocycles. The molecule has 1 aromatic heterocycles. The summed E-state index contributed by atoms with van der Waals surface area (Å²) in [6, 6.07) is 3.57. The molecule has 0 saturated heterocycles. The van der Waals surface area contributed by atoms with Crippen LogP contribution in [0.25, 0.3) is 0 Å². The van der Waals surface area contributed by atoms with Gasteiger partial charge in [0.25, 0.3) is 0 Å². The van der Waals surface area contributed by atoms with Crippen molar-refractivity contribution in [3.8, 4) is 0 Å². The van der Waals surface area contributed by atoms with E-state index in [-0.39, 0.29) is 5.69 Å². The number of pyridine rings is 1. The molecular weight excluding hydrogens is 178 g/mol. The van der Waals surface area contributed by atoms with E-state index >= 15 is 0 Å². The predicted molar refractivity (Wildman–Crippen MR) is 52.2 cm³/mol. The van der Waals surface area contributed by atoms with E-state index in [1.807, 2.05) is 6.07 Å². The predicted octanol–water partition coefficient (Wildman–Crippen LogP) is 2.12. The minimum absolute atomic E-state index is 0.151. The van der Waals surface area contributed by atoms with Crippen LogP contribution in [-0.2, 0) is 6.42 Å². The Hall–Kier alpha value is -1.38. The number of carboxylic acids is 1. The van der Waals surface area contributed by atoms with Gasteiger partial charge in [-0.3, -0.25) is 0 Å². The van der Waals surface area contributed by atoms with Crippen LogP contribution >= 0.6 is 0 Å². The van der Waals surface area contributed by atoms with Crippen LogP contribution in [0.1, 0.15) is 35.3 Å². The summed E-state index contributed by atoms with van der Waals surface area (Å²) in [5.74, 6) is -0.0604. The Bertz CT molecular complexity index is 345. The molecule has 1 aliphatic rings. The SMILES string of the molecule is O=C(O)c1cc(CCC2CC2)ccn1. The first-order valence-corrected chi connectivity index (χ1v) is 4.94. The van der Waals surface area contributed by atoms with Gasteiger partial charge in [-0.1, -0.05) is 12.8 Å². The fourth-order valence-corrected chi connectivity index (χ4v) is 1.52. The van der Waals surface area contributed by atoms with Gasteiger partial charge in [-0.2, -0.15) is 0 Å². The molecule has 0 radical (unpaired) electrons. The van der Waals surface area contributed by atoms with Crippen molar-refractivity contribution in [3.05, 3.63) is 29.6 Å². The van der Waals surface area contributed by atoms with E-state index < -0.39 is 5.97 Å². The van der Waals surface area contributed by atoms with Crippen LogP contribution in [-0.4, -0.2) is 16.1 Å².